The Kier molecular flexibility index (Phi) is 3.80. The van der Waals surface area contributed by atoms with Gasteiger partial charge in [0.25, 0.3) is 0 Å². The lowest BCUT2D eigenvalue weighted by Gasteiger charge is -2.42. The van der Waals surface area contributed by atoms with E-state index in [9.17, 15) is 4.79 Å². The van der Waals surface area contributed by atoms with Crippen molar-refractivity contribution in [1.82, 2.24) is 0 Å². The summed E-state index contributed by atoms with van der Waals surface area (Å²) >= 11 is 0. The van der Waals surface area contributed by atoms with Gasteiger partial charge in [0, 0.05) is 12.3 Å². The van der Waals surface area contributed by atoms with E-state index in [1.807, 2.05) is 0 Å². The summed E-state index contributed by atoms with van der Waals surface area (Å²) in [4.78, 5) is 11.1. The van der Waals surface area contributed by atoms with Crippen LogP contribution in [0.1, 0.15) is 53.9 Å². The van der Waals surface area contributed by atoms with E-state index >= 15 is 0 Å². The maximum Gasteiger partial charge on any atom is 0.302 e. The van der Waals surface area contributed by atoms with Crippen molar-refractivity contribution in [3.8, 4) is 0 Å². The second-order valence-corrected chi connectivity index (χ2v) is 5.87. The van der Waals surface area contributed by atoms with Crippen LogP contribution in [0.25, 0.3) is 0 Å². The van der Waals surface area contributed by atoms with Crippen LogP contribution in [0.15, 0.2) is 0 Å². The van der Waals surface area contributed by atoms with Crippen LogP contribution in [0.2, 0.25) is 0 Å². The number of esters is 1. The number of ether oxygens (including phenoxy) is 1. The molecule has 0 aromatic heterocycles. The first-order valence-electron chi connectivity index (χ1n) is 6.00. The molecule has 0 radical (unpaired) electrons. The molecule has 1 fully saturated rings. The standard InChI is InChI=1S/C13H24O2/c1-9(2)11-6-7-13(4,5)12(8-11)15-10(3)14/h9,11-12H,6-8H2,1-5H3/t11-,12+/m0/s1. The number of hydrogen-bond donors (Lipinski definition) is 0. The Balaban J connectivity index is 2.66. The second kappa shape index (κ2) is 4.54. The minimum absolute atomic E-state index is 0.108. The molecule has 0 saturated heterocycles. The van der Waals surface area contributed by atoms with Crippen LogP contribution in [0.4, 0.5) is 0 Å². The van der Waals surface area contributed by atoms with E-state index < -0.39 is 0 Å². The lowest BCUT2D eigenvalue weighted by molar-refractivity contribution is -0.157. The molecular formula is C13H24O2. The Morgan fingerprint density at radius 1 is 1.40 bits per heavy atom. The first-order chi connectivity index (χ1) is 6.83. The lowest BCUT2D eigenvalue weighted by Crippen LogP contribution is -2.40. The molecular weight excluding hydrogens is 188 g/mol. The molecule has 1 aliphatic rings. The Morgan fingerprint density at radius 3 is 2.47 bits per heavy atom. The summed E-state index contributed by atoms with van der Waals surface area (Å²) in [5.74, 6) is 1.26. The molecule has 1 aliphatic carbocycles. The summed E-state index contributed by atoms with van der Waals surface area (Å²) < 4.78 is 5.45. The summed E-state index contributed by atoms with van der Waals surface area (Å²) in [5, 5.41) is 0. The normalized spacial score (nSPS) is 30.3. The predicted molar refractivity (Wildman–Crippen MR) is 61.5 cm³/mol. The Morgan fingerprint density at radius 2 is 2.00 bits per heavy atom. The van der Waals surface area contributed by atoms with Crippen LogP contribution in [-0.2, 0) is 9.53 Å². The third-order valence-corrected chi connectivity index (χ3v) is 3.80. The number of rotatable bonds is 2. The minimum Gasteiger partial charge on any atom is -0.462 e. The average molecular weight is 212 g/mol. The van der Waals surface area contributed by atoms with E-state index in [4.69, 9.17) is 4.74 Å². The topological polar surface area (TPSA) is 26.3 Å². The predicted octanol–water partition coefficient (Wildman–Crippen LogP) is 3.40. The molecule has 0 N–H and O–H groups in total. The Hall–Kier alpha value is -0.530. The van der Waals surface area contributed by atoms with E-state index in [0.29, 0.717) is 11.8 Å². The van der Waals surface area contributed by atoms with Crippen molar-refractivity contribution in [3.63, 3.8) is 0 Å². The van der Waals surface area contributed by atoms with E-state index in [0.717, 1.165) is 12.8 Å². The highest BCUT2D eigenvalue weighted by Gasteiger charge is 2.39. The van der Waals surface area contributed by atoms with E-state index in [2.05, 4.69) is 27.7 Å². The first kappa shape index (κ1) is 12.5. The monoisotopic (exact) mass is 212 g/mol. The van der Waals surface area contributed by atoms with Crippen LogP contribution in [0.3, 0.4) is 0 Å². The summed E-state index contributed by atoms with van der Waals surface area (Å²) in [5.41, 5.74) is 0.150. The van der Waals surface area contributed by atoms with Crippen LogP contribution in [-0.4, -0.2) is 12.1 Å². The van der Waals surface area contributed by atoms with Gasteiger partial charge in [-0.1, -0.05) is 27.7 Å². The molecule has 2 nitrogen and oxygen atoms in total. The average Bonchev–Trinajstić information content (AvgIpc) is 2.07. The molecule has 2 heteroatoms. The molecule has 0 aromatic carbocycles. The van der Waals surface area contributed by atoms with Gasteiger partial charge in [0.15, 0.2) is 0 Å². The smallest absolute Gasteiger partial charge is 0.302 e. The van der Waals surface area contributed by atoms with Gasteiger partial charge in [-0.3, -0.25) is 4.79 Å². The fourth-order valence-electron chi connectivity index (χ4n) is 2.44. The number of hydrogen-bond acceptors (Lipinski definition) is 2. The highest BCUT2D eigenvalue weighted by molar-refractivity contribution is 5.66. The van der Waals surface area contributed by atoms with Crippen molar-refractivity contribution in [3.05, 3.63) is 0 Å². The third-order valence-electron chi connectivity index (χ3n) is 3.80. The van der Waals surface area contributed by atoms with Crippen molar-refractivity contribution in [2.75, 3.05) is 0 Å². The first-order valence-corrected chi connectivity index (χ1v) is 6.00. The molecule has 2 atom stereocenters. The Labute approximate surface area is 93.4 Å². The van der Waals surface area contributed by atoms with Gasteiger partial charge >= 0.3 is 5.97 Å². The van der Waals surface area contributed by atoms with Crippen LogP contribution >= 0.6 is 0 Å². The van der Waals surface area contributed by atoms with Crippen LogP contribution < -0.4 is 0 Å². The SMILES string of the molecule is CC(=O)O[C@@H]1C[C@@H](C(C)C)CCC1(C)C. The third kappa shape index (κ3) is 3.22. The number of carbonyl (C=O) groups excluding carboxylic acids is 1. The zero-order valence-electron chi connectivity index (χ0n) is 10.7. The van der Waals surface area contributed by atoms with Gasteiger partial charge in [-0.2, -0.15) is 0 Å². The molecule has 0 aliphatic heterocycles. The molecule has 1 saturated carbocycles. The van der Waals surface area contributed by atoms with Crippen LogP contribution in [0, 0.1) is 17.3 Å². The zero-order valence-corrected chi connectivity index (χ0v) is 10.7. The van der Waals surface area contributed by atoms with Crippen molar-refractivity contribution in [2.45, 2.75) is 60.0 Å². The van der Waals surface area contributed by atoms with Crippen LogP contribution in [0.5, 0.6) is 0 Å². The van der Waals surface area contributed by atoms with Gasteiger partial charge in [-0.05, 0) is 31.1 Å². The molecule has 1 rings (SSSR count). The number of carbonyl (C=O) groups is 1. The van der Waals surface area contributed by atoms with Gasteiger partial charge in [0.05, 0.1) is 0 Å². The summed E-state index contributed by atoms with van der Waals surface area (Å²) in [6, 6.07) is 0. The van der Waals surface area contributed by atoms with Gasteiger partial charge in [0.2, 0.25) is 0 Å². The molecule has 0 bridgehead atoms. The molecule has 0 spiro atoms. The van der Waals surface area contributed by atoms with Gasteiger partial charge in [0.1, 0.15) is 6.10 Å². The summed E-state index contributed by atoms with van der Waals surface area (Å²) in [7, 11) is 0. The van der Waals surface area contributed by atoms with E-state index in [1.54, 1.807) is 0 Å². The summed E-state index contributed by atoms with van der Waals surface area (Å²) in [6.07, 6.45) is 3.57. The molecule has 88 valence electrons. The summed E-state index contributed by atoms with van der Waals surface area (Å²) in [6.45, 7) is 10.4. The lowest BCUT2D eigenvalue weighted by atomic mass is 9.68. The van der Waals surface area contributed by atoms with Crippen molar-refractivity contribution < 1.29 is 9.53 Å². The molecule has 0 heterocycles. The van der Waals surface area contributed by atoms with Gasteiger partial charge < -0.3 is 4.74 Å². The fraction of sp³-hybridized carbons (Fsp3) is 0.923. The van der Waals surface area contributed by atoms with Gasteiger partial charge in [-0.15, -0.1) is 0 Å². The maximum atomic E-state index is 11.1. The quantitative estimate of drug-likeness (QED) is 0.656. The molecule has 15 heavy (non-hydrogen) atoms. The minimum atomic E-state index is -0.141. The molecule has 0 unspecified atom stereocenters. The Bertz CT molecular complexity index is 231. The van der Waals surface area contributed by atoms with Crippen molar-refractivity contribution in [2.24, 2.45) is 17.3 Å². The molecule has 0 amide bonds. The zero-order chi connectivity index (χ0) is 11.6. The largest absolute Gasteiger partial charge is 0.462 e. The second-order valence-electron chi connectivity index (χ2n) is 5.87. The van der Waals surface area contributed by atoms with E-state index in [1.165, 1.54) is 13.3 Å². The van der Waals surface area contributed by atoms with E-state index in [-0.39, 0.29) is 17.5 Å². The fourth-order valence-corrected chi connectivity index (χ4v) is 2.44. The highest BCUT2D eigenvalue weighted by atomic mass is 16.5. The van der Waals surface area contributed by atoms with Crippen molar-refractivity contribution >= 4 is 5.97 Å². The highest BCUT2D eigenvalue weighted by Crippen LogP contribution is 2.42. The van der Waals surface area contributed by atoms with Crippen molar-refractivity contribution in [1.29, 1.82) is 0 Å². The maximum absolute atomic E-state index is 11.1. The molecule has 0 aromatic rings. The van der Waals surface area contributed by atoms with Gasteiger partial charge in [-0.25, -0.2) is 0 Å².